The Kier molecular flexibility index (Phi) is 4.32. The summed E-state index contributed by atoms with van der Waals surface area (Å²) in [5.41, 5.74) is 2.02. The molecule has 0 aliphatic rings. The summed E-state index contributed by atoms with van der Waals surface area (Å²) in [6, 6.07) is 8.33. The van der Waals surface area contributed by atoms with Crippen LogP contribution in [0.15, 0.2) is 30.5 Å². The van der Waals surface area contributed by atoms with Gasteiger partial charge in [0.2, 0.25) is 5.95 Å². The van der Waals surface area contributed by atoms with E-state index in [1.54, 1.807) is 0 Å². The van der Waals surface area contributed by atoms with E-state index in [1.165, 1.54) is 0 Å². The molecule has 4 nitrogen and oxygen atoms in total. The molecule has 0 aliphatic heterocycles. The van der Waals surface area contributed by atoms with Crippen molar-refractivity contribution in [3.63, 3.8) is 0 Å². The number of anilines is 2. The fraction of sp³-hybridized carbons (Fsp3) is 0.438. The molecule has 0 spiro atoms. The molecule has 20 heavy (non-hydrogen) atoms. The van der Waals surface area contributed by atoms with Crippen molar-refractivity contribution in [1.82, 2.24) is 9.55 Å². The van der Waals surface area contributed by atoms with Gasteiger partial charge in [-0.3, -0.25) is 0 Å². The topological polar surface area (TPSA) is 39.1 Å². The van der Waals surface area contributed by atoms with Gasteiger partial charge in [0.15, 0.2) is 0 Å². The number of benzene rings is 1. The Balaban J connectivity index is 2.14. The highest BCUT2D eigenvalue weighted by Crippen LogP contribution is 2.22. The van der Waals surface area contributed by atoms with Crippen LogP contribution in [0.4, 0.5) is 11.6 Å². The Labute approximate surface area is 120 Å². The highest BCUT2D eigenvalue weighted by atomic mass is 16.5. The second-order valence-electron chi connectivity index (χ2n) is 5.52. The predicted octanol–water partition coefficient (Wildman–Crippen LogP) is 4.30. The van der Waals surface area contributed by atoms with Crippen molar-refractivity contribution in [2.45, 2.75) is 46.8 Å². The van der Waals surface area contributed by atoms with E-state index in [1.807, 2.05) is 45.0 Å². The molecule has 0 amide bonds. The number of ether oxygens (including phenoxy) is 1. The summed E-state index contributed by atoms with van der Waals surface area (Å²) in [5.74, 6) is 1.75. The average Bonchev–Trinajstić information content (AvgIpc) is 2.72. The van der Waals surface area contributed by atoms with Gasteiger partial charge in [-0.15, -0.1) is 0 Å². The normalized spacial score (nSPS) is 11.2. The third-order valence-corrected chi connectivity index (χ3v) is 2.89. The molecular formula is C16H23N3O. The summed E-state index contributed by atoms with van der Waals surface area (Å²) < 4.78 is 7.77. The van der Waals surface area contributed by atoms with Gasteiger partial charge in [0.1, 0.15) is 5.75 Å². The first-order valence-corrected chi connectivity index (χ1v) is 7.05. The fourth-order valence-electron chi connectivity index (χ4n) is 2.02. The molecule has 0 fully saturated rings. The van der Waals surface area contributed by atoms with E-state index in [4.69, 9.17) is 4.74 Å². The zero-order valence-corrected chi connectivity index (χ0v) is 12.8. The summed E-state index contributed by atoms with van der Waals surface area (Å²) >= 11 is 0. The summed E-state index contributed by atoms with van der Waals surface area (Å²) in [5, 5.41) is 3.35. The first kappa shape index (κ1) is 14.4. The molecule has 0 radical (unpaired) electrons. The van der Waals surface area contributed by atoms with Gasteiger partial charge in [-0.2, -0.15) is 0 Å². The summed E-state index contributed by atoms with van der Waals surface area (Å²) in [4.78, 5) is 4.52. The second kappa shape index (κ2) is 5.99. The molecule has 108 valence electrons. The van der Waals surface area contributed by atoms with Crippen LogP contribution in [0.3, 0.4) is 0 Å². The van der Waals surface area contributed by atoms with E-state index in [-0.39, 0.29) is 6.10 Å². The molecule has 0 saturated heterocycles. The first-order valence-electron chi connectivity index (χ1n) is 7.05. The van der Waals surface area contributed by atoms with Crippen LogP contribution >= 0.6 is 0 Å². The molecule has 2 aromatic rings. The molecule has 1 heterocycles. The van der Waals surface area contributed by atoms with Crippen LogP contribution in [0, 0.1) is 6.92 Å². The van der Waals surface area contributed by atoms with E-state index in [0.29, 0.717) is 6.04 Å². The van der Waals surface area contributed by atoms with Crippen LogP contribution in [-0.4, -0.2) is 15.7 Å². The van der Waals surface area contributed by atoms with Gasteiger partial charge in [0.05, 0.1) is 11.8 Å². The van der Waals surface area contributed by atoms with Gasteiger partial charge in [-0.1, -0.05) is 0 Å². The van der Waals surface area contributed by atoms with Gasteiger partial charge in [-0.25, -0.2) is 4.98 Å². The molecule has 1 aromatic heterocycles. The van der Waals surface area contributed by atoms with Crippen LogP contribution < -0.4 is 10.1 Å². The molecule has 0 atom stereocenters. The lowest BCUT2D eigenvalue weighted by atomic mass is 10.3. The maximum atomic E-state index is 5.64. The Morgan fingerprint density at radius 2 is 1.75 bits per heavy atom. The molecule has 1 aromatic carbocycles. The molecule has 0 bridgehead atoms. The van der Waals surface area contributed by atoms with E-state index in [2.05, 4.69) is 34.9 Å². The summed E-state index contributed by atoms with van der Waals surface area (Å²) in [6.07, 6.45) is 2.25. The van der Waals surface area contributed by atoms with Gasteiger partial charge < -0.3 is 14.6 Å². The fourth-order valence-corrected chi connectivity index (χ4v) is 2.02. The van der Waals surface area contributed by atoms with Crippen LogP contribution in [0.2, 0.25) is 0 Å². The number of aryl methyl sites for hydroxylation is 1. The molecule has 0 aliphatic carbocycles. The van der Waals surface area contributed by atoms with Gasteiger partial charge >= 0.3 is 0 Å². The van der Waals surface area contributed by atoms with E-state index in [0.717, 1.165) is 23.1 Å². The molecule has 1 N–H and O–H groups in total. The van der Waals surface area contributed by atoms with Gasteiger partial charge in [0.25, 0.3) is 0 Å². The average molecular weight is 273 g/mol. The zero-order valence-electron chi connectivity index (χ0n) is 12.8. The number of rotatable bonds is 5. The maximum Gasteiger partial charge on any atom is 0.207 e. The van der Waals surface area contributed by atoms with Crippen molar-refractivity contribution < 1.29 is 4.74 Å². The third kappa shape index (κ3) is 3.53. The molecular weight excluding hydrogens is 250 g/mol. The smallest absolute Gasteiger partial charge is 0.207 e. The largest absolute Gasteiger partial charge is 0.491 e. The quantitative estimate of drug-likeness (QED) is 0.882. The lowest BCUT2D eigenvalue weighted by Gasteiger charge is -2.13. The Bertz CT molecular complexity index is 556. The number of hydrogen-bond donors (Lipinski definition) is 1. The Morgan fingerprint density at radius 3 is 2.30 bits per heavy atom. The summed E-state index contributed by atoms with van der Waals surface area (Å²) in [6.45, 7) is 10.3. The van der Waals surface area contributed by atoms with Crippen LogP contribution in [0.1, 0.15) is 39.4 Å². The highest BCUT2D eigenvalue weighted by molar-refractivity contribution is 5.55. The Hall–Kier alpha value is -1.97. The number of nitrogens with one attached hydrogen (secondary N) is 1. The van der Waals surface area contributed by atoms with Crippen molar-refractivity contribution in [2.24, 2.45) is 0 Å². The first-order chi connectivity index (χ1) is 9.45. The molecule has 2 rings (SSSR count). The zero-order chi connectivity index (χ0) is 14.7. The molecule has 0 saturated carbocycles. The predicted molar refractivity (Wildman–Crippen MR) is 82.8 cm³/mol. The maximum absolute atomic E-state index is 5.64. The minimum atomic E-state index is 0.191. The van der Waals surface area contributed by atoms with Crippen LogP contribution in [0.25, 0.3) is 0 Å². The van der Waals surface area contributed by atoms with Crippen molar-refractivity contribution >= 4 is 11.6 Å². The van der Waals surface area contributed by atoms with Crippen LogP contribution in [0.5, 0.6) is 5.75 Å². The molecule has 0 unspecified atom stereocenters. The number of imidazole rings is 1. The van der Waals surface area contributed by atoms with E-state index < -0.39 is 0 Å². The van der Waals surface area contributed by atoms with E-state index >= 15 is 0 Å². The van der Waals surface area contributed by atoms with Crippen molar-refractivity contribution in [1.29, 1.82) is 0 Å². The standard InChI is InChI=1S/C16H23N3O/c1-11(2)19-10-13(5)17-16(19)18-14-6-8-15(9-7-14)20-12(3)4/h6-12H,1-5H3,(H,17,18). The summed E-state index contributed by atoms with van der Waals surface area (Å²) in [7, 11) is 0. The SMILES string of the molecule is Cc1cn(C(C)C)c(Nc2ccc(OC(C)C)cc2)n1. The monoisotopic (exact) mass is 273 g/mol. The lowest BCUT2D eigenvalue weighted by molar-refractivity contribution is 0.242. The second-order valence-corrected chi connectivity index (χ2v) is 5.52. The molecule has 4 heteroatoms. The number of nitrogens with zero attached hydrogens (tertiary/aromatic N) is 2. The van der Waals surface area contributed by atoms with E-state index in [9.17, 15) is 0 Å². The van der Waals surface area contributed by atoms with Gasteiger partial charge in [0, 0.05) is 17.9 Å². The Morgan fingerprint density at radius 1 is 1.10 bits per heavy atom. The van der Waals surface area contributed by atoms with Crippen molar-refractivity contribution in [3.8, 4) is 5.75 Å². The highest BCUT2D eigenvalue weighted by Gasteiger charge is 2.08. The number of aromatic nitrogens is 2. The van der Waals surface area contributed by atoms with Crippen LogP contribution in [-0.2, 0) is 0 Å². The third-order valence-electron chi connectivity index (χ3n) is 2.89. The number of hydrogen-bond acceptors (Lipinski definition) is 3. The lowest BCUT2D eigenvalue weighted by Crippen LogP contribution is -2.06. The van der Waals surface area contributed by atoms with Crippen molar-refractivity contribution in [3.05, 3.63) is 36.2 Å². The van der Waals surface area contributed by atoms with Crippen molar-refractivity contribution in [2.75, 3.05) is 5.32 Å². The minimum absolute atomic E-state index is 0.191. The van der Waals surface area contributed by atoms with Gasteiger partial charge in [-0.05, 0) is 58.9 Å². The minimum Gasteiger partial charge on any atom is -0.491 e.